The first kappa shape index (κ1) is 25.7. The van der Waals surface area contributed by atoms with Crippen molar-refractivity contribution >= 4 is 17.3 Å². The second-order valence-corrected chi connectivity index (χ2v) is 10.4. The first-order chi connectivity index (χ1) is 19.8. The van der Waals surface area contributed by atoms with E-state index in [0.29, 0.717) is 0 Å². The van der Waals surface area contributed by atoms with E-state index in [9.17, 15) is 0 Å². The van der Waals surface area contributed by atoms with Gasteiger partial charge in [-0.1, -0.05) is 116 Å². The van der Waals surface area contributed by atoms with E-state index in [1.165, 1.54) is 22.3 Å². The number of hydrogen-bond donors (Lipinski definition) is 0. The van der Waals surface area contributed by atoms with Crippen molar-refractivity contribution in [2.24, 2.45) is 0 Å². The van der Waals surface area contributed by atoms with Gasteiger partial charge in [0.05, 0.1) is 12.1 Å². The molecule has 198 valence electrons. The van der Waals surface area contributed by atoms with Gasteiger partial charge in [0, 0.05) is 11.8 Å². The van der Waals surface area contributed by atoms with Gasteiger partial charge in [-0.15, -0.1) is 0 Å². The number of rotatable bonds is 8. The van der Waals surface area contributed by atoms with Crippen LogP contribution in [0, 0.1) is 0 Å². The van der Waals surface area contributed by atoms with Gasteiger partial charge >= 0.3 is 0 Å². The van der Waals surface area contributed by atoms with Gasteiger partial charge in [0.25, 0.3) is 0 Å². The van der Waals surface area contributed by atoms with Crippen LogP contribution < -0.4 is 9.64 Å². The number of benzene rings is 3. The lowest BCUT2D eigenvalue weighted by molar-refractivity contribution is 0.482. The first-order valence-corrected chi connectivity index (χ1v) is 14.2. The summed E-state index contributed by atoms with van der Waals surface area (Å²) in [5, 5.41) is 0. The van der Waals surface area contributed by atoms with E-state index in [4.69, 9.17) is 4.74 Å². The Hall–Kier alpha value is -4.56. The lowest BCUT2D eigenvalue weighted by Gasteiger charge is -2.39. The molecule has 2 atom stereocenters. The molecular formula is C38H35NO. The molecule has 40 heavy (non-hydrogen) atoms. The van der Waals surface area contributed by atoms with Crippen LogP contribution in [0.3, 0.4) is 0 Å². The summed E-state index contributed by atoms with van der Waals surface area (Å²) in [7, 11) is 0. The predicted octanol–water partition coefficient (Wildman–Crippen LogP) is 9.87. The summed E-state index contributed by atoms with van der Waals surface area (Å²) in [5.41, 5.74) is 7.47. The zero-order valence-corrected chi connectivity index (χ0v) is 22.8. The van der Waals surface area contributed by atoms with Crippen LogP contribution in [0.15, 0.2) is 151 Å². The minimum Gasteiger partial charge on any atom is -0.457 e. The lowest BCUT2D eigenvalue weighted by Crippen LogP contribution is -2.42. The fourth-order valence-electron chi connectivity index (χ4n) is 5.66. The number of allylic oxidation sites excluding steroid dienone is 8. The summed E-state index contributed by atoms with van der Waals surface area (Å²) < 4.78 is 6.28. The Bertz CT molecular complexity index is 1530. The Morgan fingerprint density at radius 2 is 1.40 bits per heavy atom. The van der Waals surface area contributed by atoms with E-state index in [-0.39, 0.29) is 12.1 Å². The molecule has 3 aromatic rings. The second kappa shape index (κ2) is 12.1. The SMILES string of the molecule is C=Cc1ccc(Oc2cccc(N(C3C=CC(C4=CCCC=C4)=CC3)C3C=CC(c4ccccc4)=CC3)c2)cc1. The van der Waals surface area contributed by atoms with E-state index in [0.717, 1.165) is 48.4 Å². The summed E-state index contributed by atoms with van der Waals surface area (Å²) in [6.45, 7) is 3.85. The molecule has 0 N–H and O–H groups in total. The van der Waals surface area contributed by atoms with Gasteiger partial charge in [0.15, 0.2) is 0 Å². The summed E-state index contributed by atoms with van der Waals surface area (Å²) >= 11 is 0. The summed E-state index contributed by atoms with van der Waals surface area (Å²) in [5.74, 6) is 1.66. The molecule has 0 fully saturated rings. The monoisotopic (exact) mass is 521 g/mol. The molecule has 3 aliphatic carbocycles. The van der Waals surface area contributed by atoms with Crippen LogP contribution in [0.5, 0.6) is 11.5 Å². The molecule has 0 aromatic heterocycles. The van der Waals surface area contributed by atoms with Crippen molar-refractivity contribution in [3.8, 4) is 11.5 Å². The highest BCUT2D eigenvalue weighted by molar-refractivity contribution is 5.75. The highest BCUT2D eigenvalue weighted by Crippen LogP contribution is 2.35. The summed E-state index contributed by atoms with van der Waals surface area (Å²) in [4.78, 5) is 2.55. The minimum atomic E-state index is 0.243. The van der Waals surface area contributed by atoms with Gasteiger partial charge in [-0.05, 0) is 77.8 Å². The Labute approximate surface area is 238 Å². The lowest BCUT2D eigenvalue weighted by atomic mass is 9.91. The van der Waals surface area contributed by atoms with Crippen molar-refractivity contribution in [2.45, 2.75) is 37.8 Å². The van der Waals surface area contributed by atoms with Crippen molar-refractivity contribution in [3.63, 3.8) is 0 Å². The topological polar surface area (TPSA) is 12.5 Å². The van der Waals surface area contributed by atoms with Crippen molar-refractivity contribution < 1.29 is 4.74 Å². The first-order valence-electron chi connectivity index (χ1n) is 14.2. The van der Waals surface area contributed by atoms with Gasteiger partial charge in [0.2, 0.25) is 0 Å². The van der Waals surface area contributed by atoms with E-state index in [2.05, 4.69) is 115 Å². The third-order valence-corrected chi connectivity index (χ3v) is 7.77. The molecular weight excluding hydrogens is 486 g/mol. The van der Waals surface area contributed by atoms with Crippen LogP contribution in [-0.2, 0) is 0 Å². The largest absolute Gasteiger partial charge is 0.457 e. The third-order valence-electron chi connectivity index (χ3n) is 7.77. The number of hydrogen-bond acceptors (Lipinski definition) is 2. The minimum absolute atomic E-state index is 0.243. The standard InChI is InChI=1S/C38H35NO/c1-2-29-16-26-37(27-17-29)40-38-15-9-14-36(28-38)39(34-22-18-32(19-23-34)30-10-5-3-6-11-30)35-24-20-33(21-25-35)31-12-7-4-8-13-31/h2-3,5-7,9-22,24,26-28,34-35H,1,4,8,23,25H2. The van der Waals surface area contributed by atoms with Crippen LogP contribution in [0.2, 0.25) is 0 Å². The maximum atomic E-state index is 6.28. The Kier molecular flexibility index (Phi) is 7.77. The Morgan fingerprint density at radius 1 is 0.675 bits per heavy atom. The maximum absolute atomic E-state index is 6.28. The van der Waals surface area contributed by atoms with E-state index >= 15 is 0 Å². The Balaban J connectivity index is 1.27. The number of nitrogens with zero attached hydrogens (tertiary/aromatic N) is 1. The molecule has 0 saturated carbocycles. The number of anilines is 1. The van der Waals surface area contributed by atoms with Crippen LogP contribution in [0.4, 0.5) is 5.69 Å². The van der Waals surface area contributed by atoms with Gasteiger partial charge in [-0.2, -0.15) is 0 Å². The average molecular weight is 522 g/mol. The molecule has 0 aliphatic heterocycles. The molecule has 0 saturated heterocycles. The average Bonchev–Trinajstić information content (AvgIpc) is 3.03. The zero-order chi connectivity index (χ0) is 27.1. The molecule has 0 radical (unpaired) electrons. The highest BCUT2D eigenvalue weighted by Gasteiger charge is 2.26. The van der Waals surface area contributed by atoms with Crippen molar-refractivity contribution in [3.05, 3.63) is 162 Å². The second-order valence-electron chi connectivity index (χ2n) is 10.4. The predicted molar refractivity (Wildman–Crippen MR) is 170 cm³/mol. The summed E-state index contributed by atoms with van der Waals surface area (Å²) in [6, 6.07) is 27.7. The van der Waals surface area contributed by atoms with Gasteiger partial charge in [-0.25, -0.2) is 0 Å². The normalized spacial score (nSPS) is 19.9. The zero-order valence-electron chi connectivity index (χ0n) is 22.8. The van der Waals surface area contributed by atoms with Crippen molar-refractivity contribution in [1.82, 2.24) is 0 Å². The highest BCUT2D eigenvalue weighted by atomic mass is 16.5. The van der Waals surface area contributed by atoms with E-state index < -0.39 is 0 Å². The molecule has 2 nitrogen and oxygen atoms in total. The van der Waals surface area contributed by atoms with Gasteiger partial charge in [0.1, 0.15) is 11.5 Å². The van der Waals surface area contributed by atoms with Crippen molar-refractivity contribution in [2.75, 3.05) is 4.90 Å². The van der Waals surface area contributed by atoms with E-state index in [1.807, 2.05) is 36.4 Å². The van der Waals surface area contributed by atoms with Crippen LogP contribution in [0.1, 0.15) is 36.8 Å². The maximum Gasteiger partial charge on any atom is 0.129 e. The van der Waals surface area contributed by atoms with Gasteiger partial charge in [-0.3, -0.25) is 0 Å². The van der Waals surface area contributed by atoms with Crippen LogP contribution in [0.25, 0.3) is 11.6 Å². The van der Waals surface area contributed by atoms with Crippen LogP contribution >= 0.6 is 0 Å². The molecule has 0 spiro atoms. The quantitative estimate of drug-likeness (QED) is 0.292. The molecule has 3 aliphatic rings. The molecule has 0 heterocycles. The van der Waals surface area contributed by atoms with Crippen LogP contribution in [-0.4, -0.2) is 12.1 Å². The fourth-order valence-corrected chi connectivity index (χ4v) is 5.66. The third kappa shape index (κ3) is 5.87. The summed E-state index contributed by atoms with van der Waals surface area (Å²) in [6.07, 6.45) is 27.0. The molecule has 0 amide bonds. The van der Waals surface area contributed by atoms with E-state index in [1.54, 1.807) is 0 Å². The molecule has 2 heteroatoms. The number of ether oxygens (including phenoxy) is 1. The molecule has 3 aromatic carbocycles. The molecule has 0 bridgehead atoms. The molecule has 2 unspecified atom stereocenters. The van der Waals surface area contributed by atoms with Crippen molar-refractivity contribution in [1.29, 1.82) is 0 Å². The van der Waals surface area contributed by atoms with Gasteiger partial charge < -0.3 is 9.64 Å². The fraction of sp³-hybridized carbons (Fsp3) is 0.158. The smallest absolute Gasteiger partial charge is 0.129 e. The molecule has 6 rings (SSSR count). The Morgan fingerprint density at radius 3 is 2.05 bits per heavy atom.